The quantitative estimate of drug-likeness (QED) is 0.0293. The summed E-state index contributed by atoms with van der Waals surface area (Å²) in [5.74, 6) is -0.215. The van der Waals surface area contributed by atoms with E-state index in [1.807, 2.05) is 27.2 Å². The first kappa shape index (κ1) is 47.7. The minimum absolute atomic E-state index is 0.00832. The van der Waals surface area contributed by atoms with Crippen molar-refractivity contribution in [3.05, 3.63) is 36.5 Å². The van der Waals surface area contributed by atoms with Crippen LogP contribution in [0.4, 0.5) is 0 Å². The second-order valence-corrected chi connectivity index (χ2v) is 16.0. The monoisotopic (exact) mass is 713 g/mol. The van der Waals surface area contributed by atoms with Gasteiger partial charge in [-0.2, -0.15) is 0 Å². The van der Waals surface area contributed by atoms with Crippen molar-refractivity contribution in [2.75, 3.05) is 40.9 Å². The Balaban J connectivity index is 4.60. The summed E-state index contributed by atoms with van der Waals surface area (Å²) in [4.78, 5) is 25.1. The van der Waals surface area contributed by atoms with E-state index in [2.05, 4.69) is 43.5 Å². The van der Waals surface area contributed by atoms with Crippen LogP contribution >= 0.6 is 7.82 Å². The number of nitrogens with one attached hydrogen (secondary N) is 1. The van der Waals surface area contributed by atoms with Gasteiger partial charge in [0.05, 0.1) is 39.9 Å². The van der Waals surface area contributed by atoms with Crippen LogP contribution in [0.3, 0.4) is 0 Å². The molecular weight excluding hydrogens is 635 g/mol. The highest BCUT2D eigenvalue weighted by atomic mass is 31.2. The number of amides is 1. The maximum Gasteiger partial charge on any atom is 0.268 e. The number of hydrogen-bond acceptors (Lipinski definition) is 6. The fourth-order valence-corrected chi connectivity index (χ4v) is 6.08. The molecule has 0 saturated heterocycles. The van der Waals surface area contributed by atoms with Crippen LogP contribution in [0.5, 0.6) is 0 Å². The van der Waals surface area contributed by atoms with Gasteiger partial charge in [-0.3, -0.25) is 9.36 Å². The molecule has 0 aliphatic rings. The molecule has 2 N–H and O–H groups in total. The number of aliphatic hydroxyl groups is 1. The molecule has 0 spiro atoms. The Morgan fingerprint density at radius 3 is 1.65 bits per heavy atom. The maximum absolute atomic E-state index is 12.8. The van der Waals surface area contributed by atoms with E-state index in [-0.39, 0.29) is 12.5 Å². The number of aliphatic hydroxyl groups excluding tert-OH is 1. The van der Waals surface area contributed by atoms with E-state index in [1.54, 1.807) is 6.08 Å². The van der Waals surface area contributed by atoms with E-state index in [9.17, 15) is 19.4 Å². The van der Waals surface area contributed by atoms with Crippen molar-refractivity contribution in [3.8, 4) is 0 Å². The first-order valence-corrected chi connectivity index (χ1v) is 21.3. The van der Waals surface area contributed by atoms with Crippen LogP contribution in [0.1, 0.15) is 162 Å². The topological polar surface area (TPSA) is 108 Å². The number of unbranched alkanes of at least 4 members (excludes halogenated alkanes) is 18. The van der Waals surface area contributed by atoms with Gasteiger partial charge in [0.1, 0.15) is 13.2 Å². The number of likely N-dealkylation sites (N-methyl/N-ethyl adjacent to an activating group) is 1. The number of phosphoric acid groups is 1. The SMILES string of the molecule is CCCCCCCC/C=C/CC/C=C/CC/C=C/C(O)C(COP(=O)([O-])OCC[N+](C)(C)C)NC(=O)CCCCCCCCCCCCC. The molecule has 3 unspecified atom stereocenters. The van der Waals surface area contributed by atoms with Crippen molar-refractivity contribution in [2.45, 2.75) is 174 Å². The molecule has 0 saturated carbocycles. The number of carbonyl (C=O) groups excluding carboxylic acids is 1. The molecule has 0 heterocycles. The Kier molecular flexibility index (Phi) is 31.8. The van der Waals surface area contributed by atoms with Crippen LogP contribution in [0, 0.1) is 0 Å². The number of allylic oxidation sites excluding steroid dienone is 5. The Bertz CT molecular complexity index is 902. The lowest BCUT2D eigenvalue weighted by atomic mass is 10.0. The molecule has 49 heavy (non-hydrogen) atoms. The molecule has 0 rings (SSSR count). The highest BCUT2D eigenvalue weighted by molar-refractivity contribution is 7.45. The minimum atomic E-state index is -4.59. The fourth-order valence-electron chi connectivity index (χ4n) is 5.36. The molecule has 9 heteroatoms. The van der Waals surface area contributed by atoms with Gasteiger partial charge in [-0.25, -0.2) is 0 Å². The van der Waals surface area contributed by atoms with Crippen LogP contribution in [-0.2, 0) is 18.4 Å². The van der Waals surface area contributed by atoms with E-state index in [0.717, 1.165) is 44.9 Å². The first-order chi connectivity index (χ1) is 23.5. The lowest BCUT2D eigenvalue weighted by Crippen LogP contribution is -2.45. The predicted molar refractivity (Wildman–Crippen MR) is 205 cm³/mol. The van der Waals surface area contributed by atoms with Gasteiger partial charge in [0, 0.05) is 6.42 Å². The Morgan fingerprint density at radius 2 is 1.14 bits per heavy atom. The van der Waals surface area contributed by atoms with Crippen molar-refractivity contribution in [2.24, 2.45) is 0 Å². The van der Waals surface area contributed by atoms with Gasteiger partial charge in [0.25, 0.3) is 7.82 Å². The van der Waals surface area contributed by atoms with Gasteiger partial charge in [0.2, 0.25) is 5.91 Å². The Morgan fingerprint density at radius 1 is 0.694 bits per heavy atom. The minimum Gasteiger partial charge on any atom is -0.756 e. The molecule has 0 fully saturated rings. The molecule has 0 aliphatic heterocycles. The van der Waals surface area contributed by atoms with E-state index in [1.165, 1.54) is 96.3 Å². The van der Waals surface area contributed by atoms with E-state index in [0.29, 0.717) is 17.4 Å². The summed E-state index contributed by atoms with van der Waals surface area (Å²) < 4.78 is 23.1. The summed E-state index contributed by atoms with van der Waals surface area (Å²) >= 11 is 0. The van der Waals surface area contributed by atoms with Gasteiger partial charge in [-0.1, -0.05) is 147 Å². The average Bonchev–Trinajstić information content (AvgIpc) is 3.04. The molecule has 8 nitrogen and oxygen atoms in total. The van der Waals surface area contributed by atoms with E-state index in [4.69, 9.17) is 9.05 Å². The molecule has 0 aromatic rings. The van der Waals surface area contributed by atoms with E-state index >= 15 is 0 Å². The average molecular weight is 713 g/mol. The van der Waals surface area contributed by atoms with Crippen LogP contribution in [0.25, 0.3) is 0 Å². The van der Waals surface area contributed by atoms with Crippen molar-refractivity contribution < 1.29 is 32.9 Å². The summed E-state index contributed by atoms with van der Waals surface area (Å²) in [7, 11) is 1.23. The standard InChI is InChI=1S/C40H77N2O6P/c1-6-8-10-12-14-16-18-19-20-21-22-24-25-27-29-31-33-39(43)38(37-48-49(45,46)47-36-35-42(3,4)5)41-40(44)34-32-30-28-26-23-17-15-13-11-9-7-2/h19-20,24-25,31,33,38-39,43H,6-18,21-23,26-30,32,34-37H2,1-5H3,(H-,41,44,45,46)/b20-19+,25-24+,33-31+. The second-order valence-electron chi connectivity index (χ2n) is 14.6. The number of carbonyl (C=O) groups is 1. The largest absolute Gasteiger partial charge is 0.756 e. The maximum atomic E-state index is 12.8. The molecule has 0 aliphatic carbocycles. The van der Waals surface area contributed by atoms with Crippen LogP contribution in [0.2, 0.25) is 0 Å². The van der Waals surface area contributed by atoms with Crippen LogP contribution in [0.15, 0.2) is 36.5 Å². The number of nitrogens with zero attached hydrogens (tertiary/aromatic N) is 1. The molecular formula is C40H77N2O6P. The molecule has 288 valence electrons. The summed E-state index contributed by atoms with van der Waals surface area (Å²) in [5, 5.41) is 13.7. The number of hydrogen-bond donors (Lipinski definition) is 2. The van der Waals surface area contributed by atoms with Crippen LogP contribution in [-0.4, -0.2) is 68.5 Å². The highest BCUT2D eigenvalue weighted by Gasteiger charge is 2.23. The Labute approximate surface area is 302 Å². The molecule has 3 atom stereocenters. The number of quaternary nitrogens is 1. The summed E-state index contributed by atoms with van der Waals surface area (Å²) in [6.07, 6.45) is 37.6. The number of phosphoric ester groups is 1. The third-order valence-electron chi connectivity index (χ3n) is 8.58. The van der Waals surface area contributed by atoms with Crippen LogP contribution < -0.4 is 10.2 Å². The zero-order chi connectivity index (χ0) is 36.5. The number of rotatable bonds is 35. The van der Waals surface area contributed by atoms with Crippen molar-refractivity contribution in [1.29, 1.82) is 0 Å². The normalized spacial score (nSPS) is 15.0. The molecule has 0 aromatic heterocycles. The first-order valence-electron chi connectivity index (χ1n) is 19.9. The van der Waals surface area contributed by atoms with Gasteiger partial charge in [0.15, 0.2) is 0 Å². The molecule has 0 aromatic carbocycles. The second kappa shape index (κ2) is 32.6. The summed E-state index contributed by atoms with van der Waals surface area (Å²) in [6.45, 7) is 4.57. The third-order valence-corrected chi connectivity index (χ3v) is 9.54. The lowest BCUT2D eigenvalue weighted by molar-refractivity contribution is -0.870. The van der Waals surface area contributed by atoms with E-state index < -0.39 is 26.6 Å². The van der Waals surface area contributed by atoms with Gasteiger partial charge < -0.3 is 28.8 Å². The summed E-state index contributed by atoms with van der Waals surface area (Å²) in [5.41, 5.74) is 0. The highest BCUT2D eigenvalue weighted by Crippen LogP contribution is 2.38. The third kappa shape index (κ3) is 34.9. The molecule has 0 bridgehead atoms. The zero-order valence-electron chi connectivity index (χ0n) is 32.4. The smallest absolute Gasteiger partial charge is 0.268 e. The Hall–Kier alpha value is -1.28. The molecule has 1 amide bonds. The van der Waals surface area contributed by atoms with Crippen molar-refractivity contribution >= 4 is 13.7 Å². The summed E-state index contributed by atoms with van der Waals surface area (Å²) in [6, 6.07) is -0.903. The van der Waals surface area contributed by atoms with Gasteiger partial charge >= 0.3 is 0 Å². The predicted octanol–water partition coefficient (Wildman–Crippen LogP) is 9.72. The molecule has 0 radical (unpaired) electrons. The fraction of sp³-hybridized carbons (Fsp3) is 0.825. The lowest BCUT2D eigenvalue weighted by Gasteiger charge is -2.29. The van der Waals surface area contributed by atoms with Gasteiger partial charge in [-0.15, -0.1) is 0 Å². The zero-order valence-corrected chi connectivity index (χ0v) is 33.3. The van der Waals surface area contributed by atoms with Crippen molar-refractivity contribution in [3.63, 3.8) is 0 Å². The van der Waals surface area contributed by atoms with Crippen molar-refractivity contribution in [1.82, 2.24) is 5.32 Å². The van der Waals surface area contributed by atoms with Gasteiger partial charge in [-0.05, 0) is 44.9 Å².